The molecule has 8 nitrogen and oxygen atoms in total. The number of morpholine rings is 1. The number of rotatable bonds is 13. The zero-order valence-electron chi connectivity index (χ0n) is 23.9. The third-order valence-corrected chi connectivity index (χ3v) is 7.23. The summed E-state index contributed by atoms with van der Waals surface area (Å²) >= 11 is 0. The first-order chi connectivity index (χ1) is 19.4. The highest BCUT2D eigenvalue weighted by Crippen LogP contribution is 2.40. The number of aliphatic hydroxyl groups excluding tert-OH is 1. The molecule has 216 valence electrons. The number of carbonyl (C=O) groups excluding carboxylic acids is 2. The van der Waals surface area contributed by atoms with Crippen LogP contribution in [-0.2, 0) is 14.3 Å². The first kappa shape index (κ1) is 29.6. The molecule has 2 aliphatic rings. The highest BCUT2D eigenvalue weighted by molar-refractivity contribution is 6.46. The van der Waals surface area contributed by atoms with Crippen LogP contribution < -0.4 is 9.47 Å². The van der Waals surface area contributed by atoms with E-state index >= 15 is 0 Å². The van der Waals surface area contributed by atoms with Crippen molar-refractivity contribution in [3.8, 4) is 11.5 Å². The first-order valence-corrected chi connectivity index (χ1v) is 14.5. The van der Waals surface area contributed by atoms with Crippen LogP contribution in [-0.4, -0.2) is 78.7 Å². The molecule has 2 fully saturated rings. The van der Waals surface area contributed by atoms with Crippen molar-refractivity contribution >= 4 is 17.4 Å². The van der Waals surface area contributed by atoms with Crippen molar-refractivity contribution in [2.24, 2.45) is 0 Å². The van der Waals surface area contributed by atoms with E-state index in [2.05, 4.69) is 11.8 Å². The Morgan fingerprint density at radius 1 is 0.950 bits per heavy atom. The molecule has 0 radical (unpaired) electrons. The van der Waals surface area contributed by atoms with Crippen LogP contribution in [0.1, 0.15) is 63.6 Å². The fourth-order valence-corrected chi connectivity index (χ4v) is 5.15. The van der Waals surface area contributed by atoms with Gasteiger partial charge in [-0.25, -0.2) is 0 Å². The normalized spacial score (nSPS) is 19.4. The third-order valence-electron chi connectivity index (χ3n) is 7.23. The second-order valence-corrected chi connectivity index (χ2v) is 10.6. The molecule has 2 aromatic carbocycles. The van der Waals surface area contributed by atoms with E-state index in [1.54, 1.807) is 29.2 Å². The summed E-state index contributed by atoms with van der Waals surface area (Å²) in [5, 5.41) is 11.4. The molecule has 2 aromatic rings. The molecule has 1 atom stereocenters. The Bertz CT molecular complexity index is 1150. The van der Waals surface area contributed by atoms with Crippen LogP contribution in [0.15, 0.2) is 54.1 Å². The Balaban J connectivity index is 1.60. The van der Waals surface area contributed by atoms with Crippen LogP contribution >= 0.6 is 0 Å². The lowest BCUT2D eigenvalue weighted by molar-refractivity contribution is -0.140. The summed E-state index contributed by atoms with van der Waals surface area (Å²) in [6.45, 7) is 11.0. The number of carbonyl (C=O) groups is 2. The molecule has 1 N–H and O–H groups in total. The van der Waals surface area contributed by atoms with Crippen molar-refractivity contribution in [2.75, 3.05) is 46.0 Å². The summed E-state index contributed by atoms with van der Waals surface area (Å²) < 4.78 is 17.0. The molecule has 4 rings (SSSR count). The number of ketones is 1. The minimum absolute atomic E-state index is 0.0147. The summed E-state index contributed by atoms with van der Waals surface area (Å²) in [6, 6.07) is 13.7. The molecule has 2 heterocycles. The van der Waals surface area contributed by atoms with Crippen molar-refractivity contribution in [2.45, 2.75) is 58.6 Å². The Kier molecular flexibility index (Phi) is 10.6. The molecular weight excluding hydrogens is 508 g/mol. The minimum atomic E-state index is -0.689. The van der Waals surface area contributed by atoms with Gasteiger partial charge in [0, 0.05) is 31.7 Å². The molecule has 1 unspecified atom stereocenters. The van der Waals surface area contributed by atoms with E-state index in [1.807, 2.05) is 38.1 Å². The summed E-state index contributed by atoms with van der Waals surface area (Å²) in [5.41, 5.74) is 1.32. The highest BCUT2D eigenvalue weighted by atomic mass is 16.5. The van der Waals surface area contributed by atoms with E-state index in [-0.39, 0.29) is 17.4 Å². The number of amides is 1. The fraction of sp³-hybridized carbons (Fsp3) is 0.500. The van der Waals surface area contributed by atoms with E-state index in [4.69, 9.17) is 14.2 Å². The van der Waals surface area contributed by atoms with Gasteiger partial charge in [0.05, 0.1) is 37.5 Å². The highest BCUT2D eigenvalue weighted by Gasteiger charge is 2.45. The monoisotopic (exact) mass is 550 g/mol. The van der Waals surface area contributed by atoms with Gasteiger partial charge in [-0.1, -0.05) is 31.9 Å². The van der Waals surface area contributed by atoms with Crippen LogP contribution in [0.2, 0.25) is 0 Å². The molecule has 0 bridgehead atoms. The first-order valence-electron chi connectivity index (χ1n) is 14.5. The standard InChI is InChI=1S/C32H42N2O6/c1-4-5-6-20-39-26-12-8-24(9-13-26)29-28(30(35)25-10-14-27(15-11-25)40-23(2)3)31(36)32(37)34(29)17-7-16-33-18-21-38-22-19-33/h8-15,23,29,35H,4-7,16-22H2,1-3H3. The van der Waals surface area contributed by atoms with E-state index in [9.17, 15) is 14.7 Å². The van der Waals surface area contributed by atoms with Gasteiger partial charge in [-0.2, -0.15) is 0 Å². The number of likely N-dealkylation sites (tertiary alicyclic amines) is 1. The number of unbranched alkanes of at least 4 members (excludes halogenated alkanes) is 2. The van der Waals surface area contributed by atoms with E-state index in [0.29, 0.717) is 44.1 Å². The van der Waals surface area contributed by atoms with Gasteiger partial charge in [-0.05, 0) is 68.7 Å². The average Bonchev–Trinajstić information content (AvgIpc) is 3.21. The summed E-state index contributed by atoms with van der Waals surface area (Å²) in [5.74, 6) is -0.0366. The lowest BCUT2D eigenvalue weighted by Crippen LogP contribution is -2.38. The zero-order valence-corrected chi connectivity index (χ0v) is 23.9. The summed E-state index contributed by atoms with van der Waals surface area (Å²) in [7, 11) is 0. The largest absolute Gasteiger partial charge is 0.507 e. The van der Waals surface area contributed by atoms with Crippen LogP contribution in [0.5, 0.6) is 11.5 Å². The van der Waals surface area contributed by atoms with Crippen LogP contribution in [0.4, 0.5) is 0 Å². The molecule has 2 aliphatic heterocycles. The Labute approximate surface area is 237 Å². The van der Waals surface area contributed by atoms with Crippen molar-refractivity contribution in [3.05, 3.63) is 65.2 Å². The maximum atomic E-state index is 13.4. The SMILES string of the molecule is CCCCCOc1ccc(C2C(=C(O)c3ccc(OC(C)C)cc3)C(=O)C(=O)N2CCCN2CCOCC2)cc1. The molecule has 8 heteroatoms. The van der Waals surface area contributed by atoms with Crippen molar-refractivity contribution in [3.63, 3.8) is 0 Å². The molecule has 1 amide bonds. The van der Waals surface area contributed by atoms with Crippen molar-refractivity contribution in [1.82, 2.24) is 9.80 Å². The van der Waals surface area contributed by atoms with E-state index in [1.165, 1.54) is 0 Å². The summed E-state index contributed by atoms with van der Waals surface area (Å²) in [4.78, 5) is 30.6. The van der Waals surface area contributed by atoms with Crippen LogP contribution in [0.3, 0.4) is 0 Å². The number of aliphatic hydroxyl groups is 1. The average molecular weight is 551 g/mol. The predicted octanol–water partition coefficient (Wildman–Crippen LogP) is 5.19. The maximum Gasteiger partial charge on any atom is 0.295 e. The zero-order chi connectivity index (χ0) is 28.5. The summed E-state index contributed by atoms with van der Waals surface area (Å²) in [6.07, 6.45) is 3.95. The molecule has 0 spiro atoms. The van der Waals surface area contributed by atoms with Gasteiger partial charge in [0.2, 0.25) is 0 Å². The number of ether oxygens (including phenoxy) is 3. The quantitative estimate of drug-likeness (QED) is 0.159. The molecular formula is C32H42N2O6. The van der Waals surface area contributed by atoms with Gasteiger partial charge in [-0.15, -0.1) is 0 Å². The number of Topliss-reactive ketones (excluding diaryl/α,β-unsaturated/α-hetero) is 1. The third kappa shape index (κ3) is 7.43. The van der Waals surface area contributed by atoms with Gasteiger partial charge >= 0.3 is 0 Å². The second kappa shape index (κ2) is 14.3. The van der Waals surface area contributed by atoms with Crippen molar-refractivity contribution < 1.29 is 28.9 Å². The lowest BCUT2D eigenvalue weighted by Gasteiger charge is -2.29. The molecule has 0 aliphatic carbocycles. The Morgan fingerprint density at radius 2 is 1.62 bits per heavy atom. The predicted molar refractivity (Wildman–Crippen MR) is 155 cm³/mol. The molecule has 0 saturated carbocycles. The number of hydrogen-bond acceptors (Lipinski definition) is 7. The van der Waals surface area contributed by atoms with Gasteiger partial charge in [0.15, 0.2) is 0 Å². The molecule has 40 heavy (non-hydrogen) atoms. The van der Waals surface area contributed by atoms with Crippen molar-refractivity contribution in [1.29, 1.82) is 0 Å². The van der Waals surface area contributed by atoms with Gasteiger partial charge in [0.1, 0.15) is 17.3 Å². The van der Waals surface area contributed by atoms with Crippen LogP contribution in [0.25, 0.3) is 5.76 Å². The smallest absolute Gasteiger partial charge is 0.295 e. The number of benzene rings is 2. The lowest BCUT2D eigenvalue weighted by atomic mass is 9.95. The fourth-order valence-electron chi connectivity index (χ4n) is 5.15. The van der Waals surface area contributed by atoms with E-state index < -0.39 is 17.7 Å². The Hall–Kier alpha value is -3.36. The van der Waals surface area contributed by atoms with Crippen LogP contribution in [0, 0.1) is 0 Å². The molecule has 0 aromatic heterocycles. The topological polar surface area (TPSA) is 88.5 Å². The Morgan fingerprint density at radius 3 is 2.27 bits per heavy atom. The number of nitrogens with zero attached hydrogens (tertiary/aromatic N) is 2. The minimum Gasteiger partial charge on any atom is -0.507 e. The molecule has 2 saturated heterocycles. The van der Waals surface area contributed by atoms with E-state index in [0.717, 1.165) is 50.2 Å². The number of hydrogen-bond donors (Lipinski definition) is 1. The maximum absolute atomic E-state index is 13.4. The van der Waals surface area contributed by atoms with Gasteiger partial charge in [0.25, 0.3) is 11.7 Å². The van der Waals surface area contributed by atoms with Gasteiger partial charge in [-0.3, -0.25) is 14.5 Å². The van der Waals surface area contributed by atoms with Gasteiger partial charge < -0.3 is 24.2 Å². The second-order valence-electron chi connectivity index (χ2n) is 10.6.